The minimum absolute atomic E-state index is 0. The molecular weight excluding hydrogens is 851 g/mol. The first-order valence-corrected chi connectivity index (χ1v) is 26.2. The molecule has 0 aliphatic heterocycles. The van der Waals surface area contributed by atoms with Crippen LogP contribution in [0.2, 0.25) is 0 Å². The first-order chi connectivity index (χ1) is 32.0. The van der Waals surface area contributed by atoms with Gasteiger partial charge in [-0.1, -0.05) is 259 Å². The third-order valence-corrected chi connectivity index (χ3v) is 12.3. The molecule has 4 nitrogen and oxygen atoms in total. The molecule has 5 heteroatoms. The number of rotatable bonds is 32. The Balaban J connectivity index is 0.00000106. The Morgan fingerprint density at radius 2 is 0.788 bits per heavy atom. The van der Waals surface area contributed by atoms with E-state index in [1.165, 1.54) is 155 Å². The monoisotopic (exact) mass is 941 g/mol. The van der Waals surface area contributed by atoms with Crippen LogP contribution in [0, 0.1) is 0 Å². The molecule has 66 heavy (non-hydrogen) atoms. The molecule has 0 amide bonds. The molecule has 4 aromatic carbocycles. The minimum Gasteiger partial charge on any atom is -0.392 e. The molecule has 0 heterocycles. The SMILES string of the molecule is CCCCCCCCCCCCCCCCCCCc1cccc(C(=C(CCCC)C(=C=[N+]=[N-])CCCC)c2cccc(CCCC)c2)c1.OCc1ccccc1.OCc1ccccc1.[Ni]. The predicted octanol–water partition coefficient (Wildman–Crippen LogP) is 17.6. The Labute approximate surface area is 414 Å². The van der Waals surface area contributed by atoms with E-state index in [2.05, 4.69) is 86.9 Å². The molecule has 0 unspecified atom stereocenters. The van der Waals surface area contributed by atoms with Gasteiger partial charge in [0.05, 0.1) is 18.8 Å². The van der Waals surface area contributed by atoms with E-state index in [4.69, 9.17) is 10.2 Å². The molecule has 0 saturated carbocycles. The van der Waals surface area contributed by atoms with Crippen LogP contribution in [0.15, 0.2) is 120 Å². The summed E-state index contributed by atoms with van der Waals surface area (Å²) in [5.41, 5.74) is 20.7. The Morgan fingerprint density at radius 3 is 1.17 bits per heavy atom. The summed E-state index contributed by atoms with van der Waals surface area (Å²) in [7, 11) is 0. The van der Waals surface area contributed by atoms with Gasteiger partial charge in [-0.2, -0.15) is 0 Å². The Bertz CT molecular complexity index is 1820. The fraction of sp³-hybridized carbons (Fsp3) is 0.541. The van der Waals surface area contributed by atoms with Crippen LogP contribution in [0.1, 0.15) is 222 Å². The number of nitrogens with zero attached hydrogens (tertiary/aromatic N) is 2. The van der Waals surface area contributed by atoms with E-state index in [1.807, 2.05) is 60.7 Å². The van der Waals surface area contributed by atoms with E-state index in [1.54, 1.807) is 0 Å². The largest absolute Gasteiger partial charge is 0.392 e. The zero-order valence-corrected chi connectivity index (χ0v) is 43.0. The van der Waals surface area contributed by atoms with Crippen LogP contribution in [-0.4, -0.2) is 20.9 Å². The average molecular weight is 942 g/mol. The average Bonchev–Trinajstić information content (AvgIpc) is 3.35. The number of benzene rings is 4. The van der Waals surface area contributed by atoms with Gasteiger partial charge in [-0.15, -0.1) is 4.79 Å². The van der Waals surface area contributed by atoms with E-state index in [0.717, 1.165) is 68.1 Å². The number of hydrogen-bond acceptors (Lipinski definition) is 2. The normalized spacial score (nSPS) is 10.9. The molecule has 0 bridgehead atoms. The summed E-state index contributed by atoms with van der Waals surface area (Å²) in [6.45, 7) is 9.33. The van der Waals surface area contributed by atoms with Gasteiger partial charge < -0.3 is 15.7 Å². The summed E-state index contributed by atoms with van der Waals surface area (Å²) in [6.07, 6.45) is 34.9. The second-order valence-electron chi connectivity index (χ2n) is 17.9. The fourth-order valence-corrected chi connectivity index (χ4v) is 8.35. The van der Waals surface area contributed by atoms with Gasteiger partial charge in [0.2, 0.25) is 0 Å². The van der Waals surface area contributed by atoms with Gasteiger partial charge in [0, 0.05) is 16.5 Å². The van der Waals surface area contributed by atoms with Crippen LogP contribution < -0.4 is 0 Å². The predicted molar refractivity (Wildman–Crippen MR) is 281 cm³/mol. The Morgan fingerprint density at radius 1 is 0.424 bits per heavy atom. The molecule has 0 spiro atoms. The minimum atomic E-state index is 0. The first kappa shape index (κ1) is 60.2. The first-order valence-electron chi connectivity index (χ1n) is 26.2. The maximum atomic E-state index is 9.66. The second kappa shape index (κ2) is 42.5. The van der Waals surface area contributed by atoms with Crippen LogP contribution in [0.5, 0.6) is 0 Å². The molecule has 4 rings (SSSR count). The van der Waals surface area contributed by atoms with E-state index < -0.39 is 0 Å². The summed E-state index contributed by atoms with van der Waals surface area (Å²) < 4.78 is 0. The number of aryl methyl sites for hydroxylation is 2. The number of unbranched alkanes of at least 4 members (excludes halogenated alkanes) is 19. The van der Waals surface area contributed by atoms with E-state index in [-0.39, 0.29) is 29.7 Å². The maximum absolute atomic E-state index is 9.66. The molecular formula is C61H90N2NiO2. The molecule has 2 N–H and O–H groups in total. The van der Waals surface area contributed by atoms with E-state index in [9.17, 15) is 5.53 Å². The zero-order valence-electron chi connectivity index (χ0n) is 42.0. The van der Waals surface area contributed by atoms with Crippen LogP contribution in [-0.2, 0) is 42.5 Å². The molecule has 0 saturated heterocycles. The molecule has 0 aliphatic rings. The molecule has 4 aromatic rings. The van der Waals surface area contributed by atoms with Gasteiger partial charge in [-0.25, -0.2) is 0 Å². The molecule has 0 atom stereocenters. The maximum Gasteiger partial charge on any atom is 0.303 e. The third-order valence-electron chi connectivity index (χ3n) is 12.3. The number of aliphatic hydroxyl groups excluding tert-OH is 2. The summed E-state index contributed by atoms with van der Waals surface area (Å²) in [4.78, 5) is 3.45. The van der Waals surface area contributed by atoms with Crippen molar-refractivity contribution in [2.45, 2.75) is 214 Å². The topological polar surface area (TPSA) is 76.9 Å². The summed E-state index contributed by atoms with van der Waals surface area (Å²) in [5.74, 6) is 3.04. The van der Waals surface area contributed by atoms with Gasteiger partial charge in [-0.05, 0) is 95.9 Å². The van der Waals surface area contributed by atoms with Gasteiger partial charge in [0.1, 0.15) is 0 Å². The van der Waals surface area contributed by atoms with Crippen molar-refractivity contribution in [1.29, 1.82) is 0 Å². The van der Waals surface area contributed by atoms with Crippen LogP contribution in [0.4, 0.5) is 0 Å². The third kappa shape index (κ3) is 28.4. The van der Waals surface area contributed by atoms with Gasteiger partial charge in [-0.3, -0.25) is 0 Å². The second-order valence-corrected chi connectivity index (χ2v) is 17.9. The van der Waals surface area contributed by atoms with E-state index in [0.29, 0.717) is 0 Å². The quantitative estimate of drug-likeness (QED) is 0.0128. The number of hydrogen-bond donors (Lipinski definition) is 2. The number of allylic oxidation sites excluding steroid dienone is 2. The summed E-state index contributed by atoms with van der Waals surface area (Å²) in [5, 5.41) is 17.1. The van der Waals surface area contributed by atoms with Crippen LogP contribution >= 0.6 is 0 Å². The molecule has 366 valence electrons. The molecule has 0 fully saturated rings. The van der Waals surface area contributed by atoms with Gasteiger partial charge in [0.15, 0.2) is 0 Å². The van der Waals surface area contributed by atoms with Crippen molar-refractivity contribution >= 4 is 11.4 Å². The standard InChI is InChI=1S/C47H74N2.2C7H8O.Ni/c1-5-9-13-14-15-16-17-18-19-20-21-22-23-24-25-26-27-31-42-33-29-36-44(39-42)47(43-35-28-32-41(38-43)30-10-6-2)46(37-12-8-4)45(40-49-48)34-11-7-3;2*8-6-7-4-2-1-3-5-7;/h28-29,32-33,35-36,38-39H,5-27,30-31,34,37H2,1-4H3;2*1-5,8H,6H2;. The van der Waals surface area contributed by atoms with Crippen molar-refractivity contribution in [2.24, 2.45) is 0 Å². The smallest absolute Gasteiger partial charge is 0.303 e. The summed E-state index contributed by atoms with van der Waals surface area (Å²) >= 11 is 0. The van der Waals surface area contributed by atoms with E-state index >= 15 is 0 Å². The Kier molecular flexibility index (Phi) is 38.8. The molecule has 0 radical (unpaired) electrons. The van der Waals surface area contributed by atoms with Crippen molar-refractivity contribution in [3.05, 3.63) is 159 Å². The van der Waals surface area contributed by atoms with Crippen molar-refractivity contribution < 1.29 is 31.5 Å². The van der Waals surface area contributed by atoms with Crippen molar-refractivity contribution in [2.75, 3.05) is 0 Å². The van der Waals surface area contributed by atoms with Gasteiger partial charge >= 0.3 is 5.87 Å². The number of aliphatic hydroxyl groups is 2. The van der Waals surface area contributed by atoms with Crippen LogP contribution in [0.25, 0.3) is 11.1 Å². The fourth-order valence-electron chi connectivity index (χ4n) is 8.35. The van der Waals surface area contributed by atoms with Crippen LogP contribution in [0.3, 0.4) is 0 Å². The molecule has 0 aromatic heterocycles. The van der Waals surface area contributed by atoms with Crippen molar-refractivity contribution in [3.8, 4) is 0 Å². The van der Waals surface area contributed by atoms with Crippen molar-refractivity contribution in [1.82, 2.24) is 0 Å². The summed E-state index contributed by atoms with van der Waals surface area (Å²) in [6, 6.07) is 37.6. The zero-order chi connectivity index (χ0) is 46.8. The molecule has 0 aliphatic carbocycles. The van der Waals surface area contributed by atoms with Crippen molar-refractivity contribution in [3.63, 3.8) is 0 Å². The Hall–Kier alpha value is -3.81. The van der Waals surface area contributed by atoms with Gasteiger partial charge in [0.25, 0.3) is 0 Å².